The molecule has 2 heterocycles. The first-order valence-electron chi connectivity index (χ1n) is 4.95. The molecule has 3 N–H and O–H groups in total. The van der Waals surface area contributed by atoms with Crippen molar-refractivity contribution < 1.29 is 4.79 Å². The van der Waals surface area contributed by atoms with Crippen LogP contribution in [0.3, 0.4) is 0 Å². The zero-order valence-electron chi connectivity index (χ0n) is 8.58. The van der Waals surface area contributed by atoms with Gasteiger partial charge >= 0.3 is 6.03 Å². The first-order chi connectivity index (χ1) is 6.59. The predicted molar refractivity (Wildman–Crippen MR) is 54.2 cm³/mol. The van der Waals surface area contributed by atoms with E-state index < -0.39 is 0 Å². The van der Waals surface area contributed by atoms with E-state index in [-0.39, 0.29) is 17.6 Å². The monoisotopic (exact) mass is 196 g/mol. The lowest BCUT2D eigenvalue weighted by Crippen LogP contribution is -2.65. The van der Waals surface area contributed by atoms with Crippen molar-refractivity contribution in [2.75, 3.05) is 13.6 Å². The first kappa shape index (κ1) is 9.45. The molecule has 0 bridgehead atoms. The zero-order chi connectivity index (χ0) is 10.3. The van der Waals surface area contributed by atoms with Crippen molar-refractivity contribution in [3.05, 3.63) is 0 Å². The lowest BCUT2D eigenvalue weighted by molar-refractivity contribution is 0.144. The summed E-state index contributed by atoms with van der Waals surface area (Å²) in [6.07, 6.45) is 1.93. The van der Waals surface area contributed by atoms with Crippen molar-refractivity contribution >= 4 is 11.9 Å². The van der Waals surface area contributed by atoms with Crippen LogP contribution >= 0.6 is 0 Å². The third kappa shape index (κ3) is 0.987. The number of nitrogens with one attached hydrogen (secondary N) is 1. The molecule has 2 aliphatic rings. The highest BCUT2D eigenvalue weighted by atomic mass is 16.2. The predicted octanol–water partition coefficient (Wildman–Crippen LogP) is -0.0803. The normalized spacial score (nSPS) is 37.9. The van der Waals surface area contributed by atoms with Crippen LogP contribution in [0.4, 0.5) is 4.79 Å². The van der Waals surface area contributed by atoms with E-state index >= 15 is 0 Å². The molecule has 2 amide bonds. The number of amides is 2. The van der Waals surface area contributed by atoms with Crippen molar-refractivity contribution in [3.63, 3.8) is 0 Å². The van der Waals surface area contributed by atoms with Crippen LogP contribution in [0, 0.1) is 0 Å². The molecule has 1 spiro atoms. The molecule has 5 nitrogen and oxygen atoms in total. The molecule has 0 aromatic rings. The van der Waals surface area contributed by atoms with E-state index in [0.717, 1.165) is 19.4 Å². The highest BCUT2D eigenvalue weighted by molar-refractivity contribution is 6.06. The highest BCUT2D eigenvalue weighted by Crippen LogP contribution is 2.32. The lowest BCUT2D eigenvalue weighted by atomic mass is 9.81. The number of carbonyl (C=O) groups excluding carboxylic acids is 1. The summed E-state index contributed by atoms with van der Waals surface area (Å²) in [5.41, 5.74) is 5.48. The topological polar surface area (TPSA) is 70.7 Å². The molecular formula is C9H16N4O. The average molecular weight is 196 g/mol. The summed E-state index contributed by atoms with van der Waals surface area (Å²) in [5.74, 6) is 0.463. The maximum absolute atomic E-state index is 11.4. The fourth-order valence-corrected chi connectivity index (χ4v) is 2.49. The number of carbonyl (C=O) groups is 1. The minimum absolute atomic E-state index is 0.177. The summed E-state index contributed by atoms with van der Waals surface area (Å²) < 4.78 is 0. The number of nitrogens with zero attached hydrogens (tertiary/aromatic N) is 2. The minimum atomic E-state index is -0.380. The Hall–Kier alpha value is -1.10. The number of nitrogens with two attached hydrogens (primary N) is 1. The van der Waals surface area contributed by atoms with Crippen LogP contribution < -0.4 is 11.1 Å². The Labute approximate surface area is 83.4 Å². The van der Waals surface area contributed by atoms with Crippen LogP contribution in [0.15, 0.2) is 4.99 Å². The average Bonchev–Trinajstić information content (AvgIpc) is 2.36. The molecule has 2 aliphatic heterocycles. The quantitative estimate of drug-likeness (QED) is 0.569. The van der Waals surface area contributed by atoms with Gasteiger partial charge in [0.2, 0.25) is 0 Å². The van der Waals surface area contributed by atoms with E-state index in [0.29, 0.717) is 5.84 Å². The van der Waals surface area contributed by atoms with E-state index in [1.807, 2.05) is 0 Å². The Bertz CT molecular complexity index is 301. The van der Waals surface area contributed by atoms with Gasteiger partial charge in [0.15, 0.2) is 0 Å². The van der Waals surface area contributed by atoms with E-state index in [1.165, 1.54) is 0 Å². The molecule has 0 aromatic heterocycles. The third-order valence-corrected chi connectivity index (χ3v) is 3.45. The summed E-state index contributed by atoms with van der Waals surface area (Å²) >= 11 is 0. The van der Waals surface area contributed by atoms with Crippen molar-refractivity contribution in [1.29, 1.82) is 0 Å². The number of amidine groups is 1. The van der Waals surface area contributed by atoms with Gasteiger partial charge in [-0.25, -0.2) is 4.79 Å². The lowest BCUT2D eigenvalue weighted by Gasteiger charge is -2.44. The Morgan fingerprint density at radius 3 is 2.93 bits per heavy atom. The number of hydrogen-bond acceptors (Lipinski definition) is 3. The SMILES string of the molecule is CC1NCCCC12C(N)=NC(=O)N2C. The summed E-state index contributed by atoms with van der Waals surface area (Å²) in [7, 11) is 1.77. The summed E-state index contributed by atoms with van der Waals surface area (Å²) in [4.78, 5) is 16.9. The maximum Gasteiger partial charge on any atom is 0.345 e. The molecule has 2 rings (SSSR count). The second-order valence-electron chi connectivity index (χ2n) is 4.04. The van der Waals surface area contributed by atoms with E-state index in [9.17, 15) is 4.79 Å². The number of urea groups is 1. The van der Waals surface area contributed by atoms with Crippen LogP contribution in [0.25, 0.3) is 0 Å². The summed E-state index contributed by atoms with van der Waals surface area (Å²) in [6.45, 7) is 3.04. The van der Waals surface area contributed by atoms with Gasteiger partial charge in [0, 0.05) is 13.1 Å². The van der Waals surface area contributed by atoms with Gasteiger partial charge in [-0.1, -0.05) is 0 Å². The Balaban J connectivity index is 2.38. The van der Waals surface area contributed by atoms with Gasteiger partial charge in [-0.05, 0) is 26.3 Å². The molecule has 2 atom stereocenters. The van der Waals surface area contributed by atoms with Crippen LogP contribution in [0.2, 0.25) is 0 Å². The largest absolute Gasteiger partial charge is 0.385 e. The zero-order valence-corrected chi connectivity index (χ0v) is 8.58. The Morgan fingerprint density at radius 1 is 1.71 bits per heavy atom. The van der Waals surface area contributed by atoms with Crippen LogP contribution in [0.5, 0.6) is 0 Å². The molecule has 14 heavy (non-hydrogen) atoms. The molecule has 0 aromatic carbocycles. The van der Waals surface area contributed by atoms with Crippen LogP contribution in [0.1, 0.15) is 19.8 Å². The fraction of sp³-hybridized carbons (Fsp3) is 0.778. The Morgan fingerprint density at radius 2 is 2.43 bits per heavy atom. The van der Waals surface area contributed by atoms with Crippen molar-refractivity contribution in [2.24, 2.45) is 10.7 Å². The first-order valence-corrected chi connectivity index (χ1v) is 4.95. The minimum Gasteiger partial charge on any atom is -0.385 e. The van der Waals surface area contributed by atoms with Gasteiger partial charge in [-0.2, -0.15) is 4.99 Å². The Kier molecular flexibility index (Phi) is 1.99. The standard InChI is InChI=1S/C9H16N4O/c1-6-9(4-3-5-11-6)7(10)12-8(14)13(9)2/h6,11H,3-5H2,1-2H3,(H2,10,12,14). The van der Waals surface area contributed by atoms with Crippen molar-refractivity contribution in [1.82, 2.24) is 10.2 Å². The molecule has 0 aliphatic carbocycles. The number of aliphatic imine (C=N–C) groups is 1. The van der Waals surface area contributed by atoms with E-state index in [2.05, 4.69) is 17.2 Å². The van der Waals surface area contributed by atoms with Crippen LogP contribution in [-0.2, 0) is 0 Å². The fourth-order valence-electron chi connectivity index (χ4n) is 2.49. The van der Waals surface area contributed by atoms with Crippen molar-refractivity contribution in [2.45, 2.75) is 31.3 Å². The highest BCUT2D eigenvalue weighted by Gasteiger charge is 2.51. The molecule has 1 fully saturated rings. The molecule has 0 radical (unpaired) electrons. The molecule has 2 unspecified atom stereocenters. The molecular weight excluding hydrogens is 180 g/mol. The third-order valence-electron chi connectivity index (χ3n) is 3.45. The van der Waals surface area contributed by atoms with Gasteiger partial charge < -0.3 is 16.0 Å². The maximum atomic E-state index is 11.4. The second-order valence-corrected chi connectivity index (χ2v) is 4.04. The van der Waals surface area contributed by atoms with Crippen molar-refractivity contribution in [3.8, 4) is 0 Å². The van der Waals surface area contributed by atoms with Gasteiger partial charge in [0.25, 0.3) is 0 Å². The molecule has 1 saturated heterocycles. The number of rotatable bonds is 0. The number of hydrogen-bond donors (Lipinski definition) is 2. The summed E-state index contributed by atoms with van der Waals surface area (Å²) in [6, 6.07) is -0.0468. The number of piperidine rings is 1. The molecule has 0 saturated carbocycles. The van der Waals surface area contributed by atoms with Gasteiger partial charge in [-0.15, -0.1) is 0 Å². The van der Waals surface area contributed by atoms with E-state index in [1.54, 1.807) is 11.9 Å². The summed E-state index contributed by atoms with van der Waals surface area (Å²) in [5, 5.41) is 3.34. The van der Waals surface area contributed by atoms with Gasteiger partial charge in [0.05, 0.1) is 0 Å². The smallest absolute Gasteiger partial charge is 0.345 e. The second kappa shape index (κ2) is 2.95. The van der Waals surface area contributed by atoms with Gasteiger partial charge in [0.1, 0.15) is 11.4 Å². The van der Waals surface area contributed by atoms with Gasteiger partial charge in [-0.3, -0.25) is 0 Å². The molecule has 5 heteroatoms. The van der Waals surface area contributed by atoms with Crippen LogP contribution in [-0.4, -0.2) is 41.9 Å². The molecule has 78 valence electrons. The van der Waals surface area contributed by atoms with E-state index in [4.69, 9.17) is 5.73 Å². The number of likely N-dealkylation sites (N-methyl/N-ethyl adjacent to an activating group) is 1.